The Kier molecular flexibility index (Phi) is 4.04. The van der Waals surface area contributed by atoms with E-state index in [1.54, 1.807) is 0 Å². The van der Waals surface area contributed by atoms with Crippen LogP contribution in [0.2, 0.25) is 0 Å². The summed E-state index contributed by atoms with van der Waals surface area (Å²) in [6.07, 6.45) is 1.09. The average molecular weight is 299 g/mol. The number of nitrogens with zero attached hydrogens (tertiary/aromatic N) is 3. The van der Waals surface area contributed by atoms with Gasteiger partial charge in [-0.05, 0) is 25.5 Å². The topological polar surface area (TPSA) is 42.2 Å². The van der Waals surface area contributed by atoms with Crippen molar-refractivity contribution in [2.45, 2.75) is 52.0 Å². The molecule has 1 aromatic heterocycles. The first-order valence-electron chi connectivity index (χ1n) is 8.04. The molecule has 1 atom stereocenters. The summed E-state index contributed by atoms with van der Waals surface area (Å²) < 4.78 is 5.50. The summed E-state index contributed by atoms with van der Waals surface area (Å²) in [4.78, 5) is 7.09. The molecule has 1 aliphatic rings. The van der Waals surface area contributed by atoms with Gasteiger partial charge in [0.1, 0.15) is 0 Å². The van der Waals surface area contributed by atoms with Crippen LogP contribution in [0.4, 0.5) is 0 Å². The van der Waals surface area contributed by atoms with Crippen molar-refractivity contribution in [3.63, 3.8) is 0 Å². The molecule has 0 amide bonds. The van der Waals surface area contributed by atoms with Gasteiger partial charge in [-0.2, -0.15) is 4.98 Å². The fourth-order valence-electron chi connectivity index (χ4n) is 2.95. The molecule has 1 saturated heterocycles. The van der Waals surface area contributed by atoms with Gasteiger partial charge in [0.05, 0.1) is 5.92 Å². The zero-order chi connectivity index (χ0) is 15.7. The molecular formula is C18H25N3O. The number of hydrogen-bond acceptors (Lipinski definition) is 4. The van der Waals surface area contributed by atoms with Crippen molar-refractivity contribution in [2.24, 2.45) is 0 Å². The summed E-state index contributed by atoms with van der Waals surface area (Å²) in [5.41, 5.74) is 2.64. The highest BCUT2D eigenvalue weighted by atomic mass is 16.5. The number of hydrogen-bond donors (Lipinski definition) is 0. The van der Waals surface area contributed by atoms with E-state index >= 15 is 0 Å². The van der Waals surface area contributed by atoms with Crippen molar-refractivity contribution in [1.82, 2.24) is 15.0 Å². The minimum atomic E-state index is -0.0540. The highest BCUT2D eigenvalue weighted by molar-refractivity contribution is 5.22. The molecular weight excluding hydrogens is 274 g/mol. The van der Waals surface area contributed by atoms with E-state index in [-0.39, 0.29) is 5.41 Å². The Hall–Kier alpha value is -1.68. The number of benzene rings is 1. The predicted molar refractivity (Wildman–Crippen MR) is 86.8 cm³/mol. The molecule has 22 heavy (non-hydrogen) atoms. The van der Waals surface area contributed by atoms with E-state index in [4.69, 9.17) is 4.52 Å². The summed E-state index contributed by atoms with van der Waals surface area (Å²) in [6.45, 7) is 11.6. The number of aryl methyl sites for hydroxylation is 1. The minimum Gasteiger partial charge on any atom is -0.339 e. The lowest BCUT2D eigenvalue weighted by Crippen LogP contribution is -2.20. The maximum absolute atomic E-state index is 5.50. The lowest BCUT2D eigenvalue weighted by molar-refractivity contribution is 0.307. The van der Waals surface area contributed by atoms with Crippen LogP contribution in [0.1, 0.15) is 56.0 Å². The molecule has 4 nitrogen and oxygen atoms in total. The van der Waals surface area contributed by atoms with Crippen molar-refractivity contribution in [2.75, 3.05) is 13.1 Å². The van der Waals surface area contributed by atoms with Gasteiger partial charge in [-0.3, -0.25) is 4.90 Å². The molecule has 1 aliphatic heterocycles. The van der Waals surface area contributed by atoms with Crippen molar-refractivity contribution in [3.8, 4) is 0 Å². The number of likely N-dealkylation sites (tertiary alicyclic amines) is 1. The molecule has 0 unspecified atom stereocenters. The van der Waals surface area contributed by atoms with Gasteiger partial charge in [-0.1, -0.05) is 55.8 Å². The predicted octanol–water partition coefficient (Wildman–Crippen LogP) is 3.67. The van der Waals surface area contributed by atoms with Crippen LogP contribution in [0.3, 0.4) is 0 Å². The Morgan fingerprint density at radius 2 is 2.14 bits per heavy atom. The largest absolute Gasteiger partial charge is 0.339 e. The molecule has 0 saturated carbocycles. The van der Waals surface area contributed by atoms with Crippen LogP contribution in [-0.2, 0) is 12.0 Å². The summed E-state index contributed by atoms with van der Waals surface area (Å²) in [5.74, 6) is 1.98. The van der Waals surface area contributed by atoms with Crippen molar-refractivity contribution in [1.29, 1.82) is 0 Å². The Balaban J connectivity index is 1.64. The zero-order valence-corrected chi connectivity index (χ0v) is 14.0. The first-order chi connectivity index (χ1) is 10.4. The number of rotatable bonds is 3. The van der Waals surface area contributed by atoms with Crippen molar-refractivity contribution < 1.29 is 4.52 Å². The second-order valence-electron chi connectivity index (χ2n) is 7.42. The molecule has 3 rings (SSSR count). The van der Waals surface area contributed by atoms with Crippen LogP contribution in [-0.4, -0.2) is 28.1 Å². The van der Waals surface area contributed by atoms with E-state index in [1.165, 1.54) is 11.1 Å². The molecule has 2 heterocycles. The molecule has 0 bridgehead atoms. The molecule has 4 heteroatoms. The van der Waals surface area contributed by atoms with E-state index in [9.17, 15) is 0 Å². The minimum absolute atomic E-state index is 0.0540. The molecule has 0 N–H and O–H groups in total. The molecule has 0 spiro atoms. The van der Waals surface area contributed by atoms with E-state index in [1.807, 2.05) is 0 Å². The Morgan fingerprint density at radius 3 is 2.82 bits per heavy atom. The summed E-state index contributed by atoms with van der Waals surface area (Å²) in [7, 11) is 0. The fourth-order valence-corrected chi connectivity index (χ4v) is 2.95. The lowest BCUT2D eigenvalue weighted by atomic mass is 9.96. The quantitative estimate of drug-likeness (QED) is 0.867. The molecule has 118 valence electrons. The van der Waals surface area contributed by atoms with Gasteiger partial charge < -0.3 is 4.52 Å². The van der Waals surface area contributed by atoms with E-state index in [2.05, 4.69) is 67.0 Å². The van der Waals surface area contributed by atoms with Crippen molar-refractivity contribution in [3.05, 3.63) is 47.1 Å². The first kappa shape index (κ1) is 15.2. The Morgan fingerprint density at radius 1 is 1.32 bits per heavy atom. The third-order valence-corrected chi connectivity index (χ3v) is 4.22. The molecule has 1 fully saturated rings. The third kappa shape index (κ3) is 3.38. The van der Waals surface area contributed by atoms with Crippen LogP contribution in [0.15, 0.2) is 28.8 Å². The van der Waals surface area contributed by atoms with Gasteiger partial charge in [-0.15, -0.1) is 0 Å². The second kappa shape index (κ2) is 5.84. The molecule has 0 aliphatic carbocycles. The summed E-state index contributed by atoms with van der Waals surface area (Å²) in [6, 6.07) is 8.73. The van der Waals surface area contributed by atoms with E-state index < -0.39 is 0 Å². The highest BCUT2D eigenvalue weighted by Gasteiger charge is 2.30. The van der Waals surface area contributed by atoms with Crippen molar-refractivity contribution >= 4 is 0 Å². The Bertz CT molecular complexity index is 642. The van der Waals surface area contributed by atoms with Gasteiger partial charge in [0.2, 0.25) is 5.89 Å². The molecule has 0 radical (unpaired) electrons. The van der Waals surface area contributed by atoms with Gasteiger partial charge in [0, 0.05) is 18.5 Å². The van der Waals surface area contributed by atoms with Crippen LogP contribution in [0.5, 0.6) is 0 Å². The van der Waals surface area contributed by atoms with Gasteiger partial charge in [0.15, 0.2) is 5.82 Å². The molecule has 2 aromatic rings. The highest BCUT2D eigenvalue weighted by Crippen LogP contribution is 2.29. The van der Waals surface area contributed by atoms with Crippen LogP contribution < -0.4 is 0 Å². The Labute approximate surface area is 132 Å². The summed E-state index contributed by atoms with van der Waals surface area (Å²) in [5, 5.41) is 4.15. The zero-order valence-electron chi connectivity index (χ0n) is 14.0. The van der Waals surface area contributed by atoms with E-state index in [0.717, 1.165) is 37.8 Å². The normalized spacial score (nSPS) is 19.7. The van der Waals surface area contributed by atoms with Crippen LogP contribution in [0, 0.1) is 6.92 Å². The van der Waals surface area contributed by atoms with Crippen LogP contribution >= 0.6 is 0 Å². The smallest absolute Gasteiger partial charge is 0.231 e. The van der Waals surface area contributed by atoms with Crippen LogP contribution in [0.25, 0.3) is 0 Å². The van der Waals surface area contributed by atoms with Gasteiger partial charge in [-0.25, -0.2) is 0 Å². The second-order valence-corrected chi connectivity index (χ2v) is 7.42. The monoisotopic (exact) mass is 299 g/mol. The standard InChI is InChI=1S/C18H25N3O/c1-13-6-5-7-14(10-13)11-21-9-8-15(12-21)16-19-17(20-22-16)18(2,3)4/h5-7,10,15H,8-9,11-12H2,1-4H3/t15-/m0/s1. The SMILES string of the molecule is Cc1cccc(CN2CC[C@H](c3nc(C(C)(C)C)no3)C2)c1. The fraction of sp³-hybridized carbons (Fsp3) is 0.556. The maximum Gasteiger partial charge on any atom is 0.231 e. The van der Waals surface area contributed by atoms with Gasteiger partial charge in [0.25, 0.3) is 0 Å². The van der Waals surface area contributed by atoms with E-state index in [0.29, 0.717) is 5.92 Å². The average Bonchev–Trinajstić information content (AvgIpc) is 3.06. The molecule has 1 aromatic carbocycles. The number of aromatic nitrogens is 2. The maximum atomic E-state index is 5.50. The third-order valence-electron chi connectivity index (χ3n) is 4.22. The van der Waals surface area contributed by atoms with Gasteiger partial charge >= 0.3 is 0 Å². The summed E-state index contributed by atoms with van der Waals surface area (Å²) >= 11 is 0. The first-order valence-corrected chi connectivity index (χ1v) is 8.04. The lowest BCUT2D eigenvalue weighted by Gasteiger charge is -2.15.